The van der Waals surface area contributed by atoms with E-state index < -0.39 is 0 Å². The number of nitrogens with one attached hydrogen (secondary N) is 2. The van der Waals surface area contributed by atoms with Gasteiger partial charge in [0, 0.05) is 50.0 Å². The first-order valence-electron chi connectivity index (χ1n) is 12.8. The zero-order valence-corrected chi connectivity index (χ0v) is 20.6. The van der Waals surface area contributed by atoms with Crippen molar-refractivity contribution in [2.24, 2.45) is 0 Å². The van der Waals surface area contributed by atoms with Crippen LogP contribution in [0.3, 0.4) is 0 Å². The van der Waals surface area contributed by atoms with Gasteiger partial charge in [0.1, 0.15) is 5.69 Å². The van der Waals surface area contributed by atoms with Crippen LogP contribution in [0.5, 0.6) is 0 Å². The molecule has 2 aliphatic rings. The first-order valence-corrected chi connectivity index (χ1v) is 12.8. The summed E-state index contributed by atoms with van der Waals surface area (Å²) >= 11 is 0. The number of aromatic nitrogens is 3. The molecule has 184 valence electrons. The van der Waals surface area contributed by atoms with Gasteiger partial charge >= 0.3 is 0 Å². The largest absolute Gasteiger partial charge is 0.367 e. The average molecular weight is 475 g/mol. The molecule has 3 aromatic rings. The summed E-state index contributed by atoms with van der Waals surface area (Å²) in [6.07, 6.45) is 8.81. The zero-order valence-electron chi connectivity index (χ0n) is 20.6. The molecular weight excluding hydrogens is 440 g/mol. The lowest BCUT2D eigenvalue weighted by Crippen LogP contribution is -2.52. The molecule has 0 bridgehead atoms. The fourth-order valence-electron chi connectivity index (χ4n) is 4.99. The molecule has 5 rings (SSSR count). The Morgan fingerprint density at radius 2 is 2.00 bits per heavy atom. The molecule has 2 fully saturated rings. The van der Waals surface area contributed by atoms with Crippen LogP contribution in [-0.4, -0.2) is 57.5 Å². The number of hydrogen-bond donors (Lipinski definition) is 2. The van der Waals surface area contributed by atoms with Crippen molar-refractivity contribution in [3.8, 4) is 0 Å². The van der Waals surface area contributed by atoms with Gasteiger partial charge < -0.3 is 15.2 Å². The lowest BCUT2D eigenvalue weighted by Gasteiger charge is -2.42. The van der Waals surface area contributed by atoms with Gasteiger partial charge in [-0.1, -0.05) is 13.8 Å². The molecule has 2 N–H and O–H groups in total. The molecule has 4 heterocycles. The topological polar surface area (TPSA) is 94.2 Å². The number of rotatable bonds is 7. The van der Waals surface area contributed by atoms with Crippen LogP contribution < -0.4 is 15.8 Å². The molecular formula is C27H34N6O2. The number of piperazine rings is 1. The van der Waals surface area contributed by atoms with Crippen LogP contribution in [0.2, 0.25) is 0 Å². The number of aryl methyl sites for hydroxylation is 1. The van der Waals surface area contributed by atoms with E-state index in [1.165, 1.54) is 6.42 Å². The summed E-state index contributed by atoms with van der Waals surface area (Å²) in [7, 11) is 0. The van der Waals surface area contributed by atoms with Crippen molar-refractivity contribution in [1.82, 2.24) is 25.2 Å². The van der Waals surface area contributed by atoms with E-state index >= 15 is 0 Å². The zero-order chi connectivity index (χ0) is 24.4. The standard InChI is InChI=1S/C27H34N6O2/c1-3-19-13-24-25(31-26(19)34)12-18(14-28-24)16-32-10-11-33(17-21(32)4-2)22-8-9-23(29-15-22)27(35)30-20-6-5-7-20/h8-9,12-15,20-21H,3-7,10-11,16-17H2,1-2H3,(H,30,35)(H,31,34)/t21-/m0/s1. The molecule has 0 aromatic carbocycles. The Morgan fingerprint density at radius 3 is 2.69 bits per heavy atom. The van der Waals surface area contributed by atoms with E-state index in [-0.39, 0.29) is 11.5 Å². The maximum Gasteiger partial charge on any atom is 0.270 e. The Morgan fingerprint density at radius 1 is 1.14 bits per heavy atom. The molecule has 0 unspecified atom stereocenters. The lowest BCUT2D eigenvalue weighted by atomic mass is 9.93. The molecule has 35 heavy (non-hydrogen) atoms. The van der Waals surface area contributed by atoms with Crippen molar-refractivity contribution in [2.45, 2.75) is 64.6 Å². The molecule has 0 radical (unpaired) electrons. The van der Waals surface area contributed by atoms with Gasteiger partial charge in [0.05, 0.1) is 22.9 Å². The van der Waals surface area contributed by atoms with E-state index in [4.69, 9.17) is 0 Å². The Kier molecular flexibility index (Phi) is 6.81. The van der Waals surface area contributed by atoms with E-state index in [1.807, 2.05) is 37.5 Å². The molecule has 1 amide bonds. The summed E-state index contributed by atoms with van der Waals surface area (Å²) in [6, 6.07) is 8.50. The number of H-pyrrole nitrogens is 1. The van der Waals surface area contributed by atoms with Crippen molar-refractivity contribution in [1.29, 1.82) is 0 Å². The SMILES string of the molecule is CCc1cc2ncc(CN3CCN(c4ccc(C(=O)NC5CCC5)nc4)C[C@@H]3CC)cc2[nH]c1=O. The first kappa shape index (κ1) is 23.5. The molecule has 1 aliphatic carbocycles. The third kappa shape index (κ3) is 5.07. The van der Waals surface area contributed by atoms with Gasteiger partial charge in [-0.05, 0) is 61.9 Å². The summed E-state index contributed by atoms with van der Waals surface area (Å²) < 4.78 is 0. The number of anilines is 1. The minimum Gasteiger partial charge on any atom is -0.367 e. The summed E-state index contributed by atoms with van der Waals surface area (Å²) in [5.41, 5.74) is 5.01. The highest BCUT2D eigenvalue weighted by molar-refractivity contribution is 5.92. The molecule has 1 aliphatic heterocycles. The number of carbonyl (C=O) groups is 1. The number of nitrogens with zero attached hydrogens (tertiary/aromatic N) is 4. The second-order valence-corrected chi connectivity index (χ2v) is 9.74. The van der Waals surface area contributed by atoms with E-state index in [0.717, 1.165) is 73.3 Å². The molecule has 3 aromatic heterocycles. The number of aromatic amines is 1. The maximum atomic E-state index is 12.4. The minimum atomic E-state index is -0.0752. The highest BCUT2D eigenvalue weighted by Crippen LogP contribution is 2.23. The van der Waals surface area contributed by atoms with Gasteiger partial charge in [-0.3, -0.25) is 19.5 Å². The van der Waals surface area contributed by atoms with Gasteiger partial charge in [-0.2, -0.15) is 0 Å². The third-order valence-electron chi connectivity index (χ3n) is 7.45. The van der Waals surface area contributed by atoms with Gasteiger partial charge in [0.2, 0.25) is 0 Å². The molecule has 8 heteroatoms. The summed E-state index contributed by atoms with van der Waals surface area (Å²) in [6.45, 7) is 7.71. The number of fused-ring (bicyclic) bond motifs is 1. The third-order valence-corrected chi connectivity index (χ3v) is 7.45. The predicted octanol–water partition coefficient (Wildman–Crippen LogP) is 3.26. The van der Waals surface area contributed by atoms with Gasteiger partial charge in [0.15, 0.2) is 0 Å². The van der Waals surface area contributed by atoms with E-state index in [2.05, 4.69) is 43.1 Å². The van der Waals surface area contributed by atoms with Crippen molar-refractivity contribution in [3.05, 3.63) is 63.8 Å². The van der Waals surface area contributed by atoms with Crippen LogP contribution >= 0.6 is 0 Å². The van der Waals surface area contributed by atoms with E-state index in [0.29, 0.717) is 24.2 Å². The summed E-state index contributed by atoms with van der Waals surface area (Å²) in [4.78, 5) is 41.5. The van der Waals surface area contributed by atoms with Crippen molar-refractivity contribution < 1.29 is 4.79 Å². The Labute approximate surface area is 205 Å². The number of carbonyl (C=O) groups excluding carboxylic acids is 1. The van der Waals surface area contributed by atoms with Crippen LogP contribution in [0.15, 0.2) is 41.5 Å². The smallest absolute Gasteiger partial charge is 0.270 e. The van der Waals surface area contributed by atoms with Crippen LogP contribution in [0.25, 0.3) is 11.0 Å². The Bertz CT molecular complexity index is 1250. The summed E-state index contributed by atoms with van der Waals surface area (Å²) in [5.74, 6) is -0.0752. The highest BCUT2D eigenvalue weighted by atomic mass is 16.2. The van der Waals surface area contributed by atoms with Crippen molar-refractivity contribution in [2.75, 3.05) is 24.5 Å². The fraction of sp³-hybridized carbons (Fsp3) is 0.481. The van der Waals surface area contributed by atoms with Gasteiger partial charge in [0.25, 0.3) is 11.5 Å². The molecule has 8 nitrogen and oxygen atoms in total. The number of pyridine rings is 3. The number of hydrogen-bond acceptors (Lipinski definition) is 6. The van der Waals surface area contributed by atoms with Crippen LogP contribution in [0, 0.1) is 0 Å². The first-order chi connectivity index (χ1) is 17.0. The second kappa shape index (κ2) is 10.2. The van der Waals surface area contributed by atoms with Crippen molar-refractivity contribution >= 4 is 22.6 Å². The van der Waals surface area contributed by atoms with Crippen LogP contribution in [-0.2, 0) is 13.0 Å². The van der Waals surface area contributed by atoms with Crippen LogP contribution in [0.4, 0.5) is 5.69 Å². The molecule has 1 atom stereocenters. The van der Waals surface area contributed by atoms with Gasteiger partial charge in [-0.25, -0.2) is 4.98 Å². The Hall–Kier alpha value is -3.26. The maximum absolute atomic E-state index is 12.4. The number of amides is 1. The highest BCUT2D eigenvalue weighted by Gasteiger charge is 2.27. The fourth-order valence-corrected chi connectivity index (χ4v) is 4.99. The van der Waals surface area contributed by atoms with E-state index in [9.17, 15) is 9.59 Å². The molecule has 1 saturated heterocycles. The predicted molar refractivity (Wildman–Crippen MR) is 138 cm³/mol. The quantitative estimate of drug-likeness (QED) is 0.546. The molecule has 1 saturated carbocycles. The van der Waals surface area contributed by atoms with Crippen LogP contribution in [0.1, 0.15) is 61.1 Å². The lowest BCUT2D eigenvalue weighted by molar-refractivity contribution is 0.0912. The minimum absolute atomic E-state index is 0.0286. The normalized spacial score (nSPS) is 19.0. The molecule has 0 spiro atoms. The summed E-state index contributed by atoms with van der Waals surface area (Å²) in [5, 5.41) is 3.05. The monoisotopic (exact) mass is 474 g/mol. The second-order valence-electron chi connectivity index (χ2n) is 9.74. The van der Waals surface area contributed by atoms with E-state index in [1.54, 1.807) is 0 Å². The van der Waals surface area contributed by atoms with Gasteiger partial charge in [-0.15, -0.1) is 0 Å². The van der Waals surface area contributed by atoms with Crippen molar-refractivity contribution in [3.63, 3.8) is 0 Å². The average Bonchev–Trinajstić information content (AvgIpc) is 2.86. The Balaban J connectivity index is 1.23.